The molecule has 1 aliphatic heterocycles. The van der Waals surface area contributed by atoms with Crippen LogP contribution in [0.1, 0.15) is 23.2 Å². The molecular formula is C20H21N3O6. The molecule has 9 nitrogen and oxygen atoms in total. The monoisotopic (exact) mass is 399 g/mol. The molecule has 0 radical (unpaired) electrons. The zero-order valence-electron chi connectivity index (χ0n) is 15.6. The minimum absolute atomic E-state index is 0.0176. The third-order valence-corrected chi connectivity index (χ3v) is 4.36. The third-order valence-electron chi connectivity index (χ3n) is 4.36. The standard InChI is InChI=1S/C20H21N3O6/c24-19(13-29-15-6-3-5-14(11-15)23(26)27)22-18-9-2-1-8-17(18)20(25)21-12-16-7-4-10-28-16/h1-3,5-6,8-9,11,16H,4,7,10,12-13H2,(H,21,25)(H,22,24). The molecule has 29 heavy (non-hydrogen) atoms. The van der Waals surface area contributed by atoms with E-state index < -0.39 is 10.8 Å². The number of hydrogen-bond acceptors (Lipinski definition) is 6. The maximum absolute atomic E-state index is 12.5. The number of hydrogen-bond donors (Lipinski definition) is 2. The Morgan fingerprint density at radius 1 is 1.21 bits per heavy atom. The van der Waals surface area contributed by atoms with Gasteiger partial charge >= 0.3 is 0 Å². The number of nitro benzene ring substituents is 1. The lowest BCUT2D eigenvalue weighted by Gasteiger charge is -2.14. The summed E-state index contributed by atoms with van der Waals surface area (Å²) in [4.78, 5) is 34.9. The molecule has 0 aliphatic carbocycles. The number of amides is 2. The van der Waals surface area contributed by atoms with E-state index in [0.717, 1.165) is 12.8 Å². The minimum Gasteiger partial charge on any atom is -0.484 e. The number of carbonyl (C=O) groups excluding carboxylic acids is 2. The molecule has 2 aromatic carbocycles. The first-order chi connectivity index (χ1) is 14.0. The molecule has 0 saturated carbocycles. The van der Waals surface area contributed by atoms with Crippen molar-refractivity contribution in [3.8, 4) is 5.75 Å². The van der Waals surface area contributed by atoms with Gasteiger partial charge in [-0.3, -0.25) is 19.7 Å². The molecule has 2 aromatic rings. The number of para-hydroxylation sites is 1. The highest BCUT2D eigenvalue weighted by molar-refractivity contribution is 6.04. The van der Waals surface area contributed by atoms with E-state index in [2.05, 4.69) is 10.6 Å². The van der Waals surface area contributed by atoms with Crippen LogP contribution in [0.15, 0.2) is 48.5 Å². The van der Waals surface area contributed by atoms with Crippen molar-refractivity contribution in [2.45, 2.75) is 18.9 Å². The SMILES string of the molecule is O=C(COc1cccc([N+](=O)[O-])c1)Nc1ccccc1C(=O)NCC1CCCO1. The van der Waals surface area contributed by atoms with Gasteiger partial charge < -0.3 is 20.1 Å². The van der Waals surface area contributed by atoms with E-state index in [9.17, 15) is 19.7 Å². The summed E-state index contributed by atoms with van der Waals surface area (Å²) in [5.74, 6) is -0.594. The predicted molar refractivity (Wildman–Crippen MR) is 105 cm³/mol. The molecule has 1 fully saturated rings. The van der Waals surface area contributed by atoms with Gasteiger partial charge in [0.15, 0.2) is 6.61 Å². The highest BCUT2D eigenvalue weighted by Gasteiger charge is 2.18. The summed E-state index contributed by atoms with van der Waals surface area (Å²) < 4.78 is 10.8. The second-order valence-corrected chi connectivity index (χ2v) is 6.48. The van der Waals surface area contributed by atoms with Crippen LogP contribution in [0.5, 0.6) is 5.75 Å². The van der Waals surface area contributed by atoms with Gasteiger partial charge in [0.2, 0.25) is 0 Å². The normalized spacial score (nSPS) is 15.5. The van der Waals surface area contributed by atoms with Crippen LogP contribution in [0.25, 0.3) is 0 Å². The lowest BCUT2D eigenvalue weighted by Crippen LogP contribution is -2.32. The molecule has 1 unspecified atom stereocenters. The molecule has 1 heterocycles. The van der Waals surface area contributed by atoms with Crippen LogP contribution in [0, 0.1) is 10.1 Å². The van der Waals surface area contributed by atoms with Gasteiger partial charge in [-0.05, 0) is 31.0 Å². The Kier molecular flexibility index (Phi) is 6.75. The molecule has 1 aliphatic rings. The van der Waals surface area contributed by atoms with Crippen LogP contribution in [-0.2, 0) is 9.53 Å². The summed E-state index contributed by atoms with van der Waals surface area (Å²) >= 11 is 0. The number of carbonyl (C=O) groups is 2. The number of ether oxygens (including phenoxy) is 2. The number of anilines is 1. The molecule has 0 spiro atoms. The number of rotatable bonds is 8. The third kappa shape index (κ3) is 5.76. The summed E-state index contributed by atoms with van der Waals surface area (Å²) in [6.45, 7) is 0.766. The van der Waals surface area contributed by atoms with Gasteiger partial charge in [0.05, 0.1) is 28.3 Å². The van der Waals surface area contributed by atoms with Crippen LogP contribution in [0.2, 0.25) is 0 Å². The molecule has 2 N–H and O–H groups in total. The molecule has 9 heteroatoms. The Labute approximate surface area is 167 Å². The number of benzene rings is 2. The van der Waals surface area contributed by atoms with Crippen molar-refractivity contribution in [1.29, 1.82) is 0 Å². The van der Waals surface area contributed by atoms with Gasteiger partial charge in [-0.2, -0.15) is 0 Å². The average Bonchev–Trinajstić information content (AvgIpc) is 3.25. The first-order valence-electron chi connectivity index (χ1n) is 9.19. The van der Waals surface area contributed by atoms with Crippen LogP contribution in [-0.4, -0.2) is 42.6 Å². The van der Waals surface area contributed by atoms with E-state index in [1.165, 1.54) is 24.3 Å². The Bertz CT molecular complexity index is 895. The van der Waals surface area contributed by atoms with E-state index in [4.69, 9.17) is 9.47 Å². The zero-order chi connectivity index (χ0) is 20.6. The zero-order valence-corrected chi connectivity index (χ0v) is 15.6. The first-order valence-corrected chi connectivity index (χ1v) is 9.19. The van der Waals surface area contributed by atoms with Gasteiger partial charge in [-0.15, -0.1) is 0 Å². The average molecular weight is 399 g/mol. The lowest BCUT2D eigenvalue weighted by molar-refractivity contribution is -0.384. The highest BCUT2D eigenvalue weighted by Crippen LogP contribution is 2.20. The number of nitro groups is 1. The van der Waals surface area contributed by atoms with Crippen molar-refractivity contribution in [3.63, 3.8) is 0 Å². The summed E-state index contributed by atoms with van der Waals surface area (Å²) in [6.07, 6.45) is 1.91. The van der Waals surface area contributed by atoms with Crippen LogP contribution in [0.3, 0.4) is 0 Å². The van der Waals surface area contributed by atoms with E-state index in [0.29, 0.717) is 24.4 Å². The predicted octanol–water partition coefficient (Wildman–Crippen LogP) is 2.52. The van der Waals surface area contributed by atoms with E-state index in [-0.39, 0.29) is 30.1 Å². The molecule has 1 atom stereocenters. The maximum Gasteiger partial charge on any atom is 0.273 e. The second kappa shape index (κ2) is 9.65. The quantitative estimate of drug-likeness (QED) is 0.520. The molecule has 2 amide bonds. The molecule has 152 valence electrons. The molecule has 1 saturated heterocycles. The van der Waals surface area contributed by atoms with Crippen molar-refractivity contribution < 1.29 is 24.0 Å². The highest BCUT2D eigenvalue weighted by atomic mass is 16.6. The maximum atomic E-state index is 12.5. The smallest absolute Gasteiger partial charge is 0.273 e. The molecule has 0 bridgehead atoms. The van der Waals surface area contributed by atoms with Crippen molar-refractivity contribution in [3.05, 3.63) is 64.2 Å². The van der Waals surface area contributed by atoms with Crippen LogP contribution >= 0.6 is 0 Å². The van der Waals surface area contributed by atoms with Crippen molar-refractivity contribution in [1.82, 2.24) is 5.32 Å². The van der Waals surface area contributed by atoms with Gasteiger partial charge in [0.1, 0.15) is 5.75 Å². The van der Waals surface area contributed by atoms with Crippen LogP contribution in [0.4, 0.5) is 11.4 Å². The molecule has 0 aromatic heterocycles. The van der Waals surface area contributed by atoms with Crippen LogP contribution < -0.4 is 15.4 Å². The van der Waals surface area contributed by atoms with Crippen molar-refractivity contribution >= 4 is 23.2 Å². The fourth-order valence-electron chi connectivity index (χ4n) is 2.92. The summed E-state index contributed by atoms with van der Waals surface area (Å²) in [5, 5.41) is 16.3. The fourth-order valence-corrected chi connectivity index (χ4v) is 2.92. The number of nitrogens with zero attached hydrogens (tertiary/aromatic N) is 1. The van der Waals surface area contributed by atoms with E-state index in [1.54, 1.807) is 24.3 Å². The number of non-ortho nitro benzene ring substituents is 1. The molecular weight excluding hydrogens is 378 g/mol. The first kappa shape index (κ1) is 20.3. The molecule has 3 rings (SSSR count). The lowest BCUT2D eigenvalue weighted by atomic mass is 10.1. The van der Waals surface area contributed by atoms with Gasteiger partial charge in [0, 0.05) is 19.2 Å². The van der Waals surface area contributed by atoms with Crippen molar-refractivity contribution in [2.24, 2.45) is 0 Å². The number of nitrogens with one attached hydrogen (secondary N) is 2. The Hall–Kier alpha value is -3.46. The Morgan fingerprint density at radius 3 is 2.79 bits per heavy atom. The fraction of sp³-hybridized carbons (Fsp3) is 0.300. The summed E-state index contributed by atoms with van der Waals surface area (Å²) in [6, 6.07) is 12.2. The van der Waals surface area contributed by atoms with Gasteiger partial charge in [-0.25, -0.2) is 0 Å². The minimum atomic E-state index is -0.543. The Morgan fingerprint density at radius 2 is 2.03 bits per heavy atom. The largest absolute Gasteiger partial charge is 0.484 e. The van der Waals surface area contributed by atoms with E-state index in [1.807, 2.05) is 0 Å². The second-order valence-electron chi connectivity index (χ2n) is 6.48. The summed E-state index contributed by atoms with van der Waals surface area (Å²) in [5.41, 5.74) is 0.551. The van der Waals surface area contributed by atoms with Crippen molar-refractivity contribution in [2.75, 3.05) is 25.1 Å². The topological polar surface area (TPSA) is 120 Å². The Balaban J connectivity index is 1.56. The van der Waals surface area contributed by atoms with Gasteiger partial charge in [0.25, 0.3) is 17.5 Å². The summed E-state index contributed by atoms with van der Waals surface area (Å²) in [7, 11) is 0. The van der Waals surface area contributed by atoms with E-state index >= 15 is 0 Å². The van der Waals surface area contributed by atoms with Gasteiger partial charge in [-0.1, -0.05) is 18.2 Å².